The zero-order valence-corrected chi connectivity index (χ0v) is 20.8. The molecule has 0 atom stereocenters. The molecule has 1 N–H and O–H groups in total. The van der Waals surface area contributed by atoms with E-state index < -0.39 is 9.84 Å². The maximum atomic E-state index is 11.7. The predicted octanol–water partition coefficient (Wildman–Crippen LogP) is 6.13. The average Bonchev–Trinajstić information content (AvgIpc) is 3.52. The fraction of sp³-hybridized carbons (Fsp3) is 0.0741. The summed E-state index contributed by atoms with van der Waals surface area (Å²) in [7, 11) is -3.22. The van der Waals surface area contributed by atoms with Crippen LogP contribution in [0.25, 0.3) is 44.6 Å². The molecule has 0 saturated carbocycles. The van der Waals surface area contributed by atoms with Crippen LogP contribution in [-0.4, -0.2) is 34.8 Å². The molecule has 0 unspecified atom stereocenters. The number of fused-ring (bicyclic) bond motifs is 3. The molecule has 0 aliphatic carbocycles. The Morgan fingerprint density at radius 2 is 1.64 bits per heavy atom. The van der Waals surface area contributed by atoms with Gasteiger partial charge in [0.2, 0.25) is 0 Å². The van der Waals surface area contributed by atoms with Gasteiger partial charge < -0.3 is 9.40 Å². The maximum Gasteiger partial charge on any atom is 0.277 e. The van der Waals surface area contributed by atoms with Crippen molar-refractivity contribution < 1.29 is 12.8 Å². The van der Waals surface area contributed by atoms with E-state index in [9.17, 15) is 8.42 Å². The molecular formula is C27H20N4O3S2. The highest BCUT2D eigenvalue weighted by Crippen LogP contribution is 2.35. The van der Waals surface area contributed by atoms with Crippen LogP contribution in [0.1, 0.15) is 5.56 Å². The van der Waals surface area contributed by atoms with E-state index in [1.165, 1.54) is 18.0 Å². The Kier molecular flexibility index (Phi) is 5.58. The van der Waals surface area contributed by atoms with Crippen LogP contribution in [0.3, 0.4) is 0 Å². The van der Waals surface area contributed by atoms with Crippen molar-refractivity contribution in [3.63, 3.8) is 0 Å². The van der Waals surface area contributed by atoms with Gasteiger partial charge in [0.25, 0.3) is 11.1 Å². The fourth-order valence-electron chi connectivity index (χ4n) is 4.11. The molecule has 0 spiro atoms. The SMILES string of the molecule is CS(=O)(=O)c1ccc(CSc2nnc(-c3cc4c([nH]c5ccccc54)c(-c4ccccc4)n3)o2)cc1. The van der Waals surface area contributed by atoms with E-state index >= 15 is 0 Å². The second-order valence-corrected chi connectivity index (χ2v) is 11.3. The molecule has 9 heteroatoms. The smallest absolute Gasteiger partial charge is 0.277 e. The van der Waals surface area contributed by atoms with Crippen molar-refractivity contribution in [2.45, 2.75) is 15.9 Å². The van der Waals surface area contributed by atoms with Crippen LogP contribution in [0, 0.1) is 0 Å². The Bertz CT molecular complexity index is 1810. The molecule has 3 aromatic heterocycles. The lowest BCUT2D eigenvalue weighted by Crippen LogP contribution is -1.96. The Morgan fingerprint density at radius 3 is 2.42 bits per heavy atom. The molecule has 178 valence electrons. The van der Waals surface area contributed by atoms with Crippen LogP contribution in [0.15, 0.2) is 99.5 Å². The zero-order valence-electron chi connectivity index (χ0n) is 19.2. The van der Waals surface area contributed by atoms with Crippen molar-refractivity contribution in [2.24, 2.45) is 0 Å². The lowest BCUT2D eigenvalue weighted by Gasteiger charge is -2.05. The van der Waals surface area contributed by atoms with Gasteiger partial charge in [-0.15, -0.1) is 10.2 Å². The van der Waals surface area contributed by atoms with Crippen molar-refractivity contribution in [1.82, 2.24) is 20.2 Å². The summed E-state index contributed by atoms with van der Waals surface area (Å²) in [5.41, 5.74) is 5.35. The first-order chi connectivity index (χ1) is 17.5. The van der Waals surface area contributed by atoms with Gasteiger partial charge in [-0.3, -0.25) is 0 Å². The number of aromatic amines is 1. The highest BCUT2D eigenvalue weighted by atomic mass is 32.2. The normalized spacial score (nSPS) is 11.9. The van der Waals surface area contributed by atoms with Crippen molar-refractivity contribution in [1.29, 1.82) is 0 Å². The van der Waals surface area contributed by atoms with Crippen molar-refractivity contribution in [3.8, 4) is 22.8 Å². The highest BCUT2D eigenvalue weighted by molar-refractivity contribution is 7.98. The minimum absolute atomic E-state index is 0.296. The van der Waals surface area contributed by atoms with Gasteiger partial charge >= 0.3 is 0 Å². The monoisotopic (exact) mass is 512 g/mol. The minimum Gasteiger partial charge on any atom is -0.410 e. The van der Waals surface area contributed by atoms with Gasteiger partial charge in [-0.2, -0.15) is 0 Å². The van der Waals surface area contributed by atoms with E-state index in [0.717, 1.165) is 38.6 Å². The molecule has 36 heavy (non-hydrogen) atoms. The summed E-state index contributed by atoms with van der Waals surface area (Å²) in [4.78, 5) is 8.71. The Balaban J connectivity index is 1.34. The van der Waals surface area contributed by atoms with E-state index in [4.69, 9.17) is 9.40 Å². The number of hydrogen-bond acceptors (Lipinski definition) is 7. The maximum absolute atomic E-state index is 11.7. The third-order valence-electron chi connectivity index (χ3n) is 5.88. The molecule has 6 aromatic rings. The number of hydrogen-bond donors (Lipinski definition) is 1. The molecule has 0 bridgehead atoms. The Labute approximate surface area is 211 Å². The van der Waals surface area contributed by atoms with Crippen molar-refractivity contribution in [2.75, 3.05) is 6.26 Å². The van der Waals surface area contributed by atoms with Gasteiger partial charge in [-0.25, -0.2) is 13.4 Å². The van der Waals surface area contributed by atoms with Crippen molar-refractivity contribution >= 4 is 43.4 Å². The van der Waals surface area contributed by atoms with E-state index in [-0.39, 0.29) is 0 Å². The van der Waals surface area contributed by atoms with E-state index in [0.29, 0.717) is 27.5 Å². The number of benzene rings is 3. The molecule has 7 nitrogen and oxygen atoms in total. The highest BCUT2D eigenvalue weighted by Gasteiger charge is 2.18. The first-order valence-electron chi connectivity index (χ1n) is 11.2. The van der Waals surface area contributed by atoms with Crippen LogP contribution in [0.4, 0.5) is 0 Å². The number of nitrogens with zero attached hydrogens (tertiary/aromatic N) is 3. The zero-order chi connectivity index (χ0) is 24.7. The molecule has 6 rings (SSSR count). The van der Waals surface area contributed by atoms with Gasteiger partial charge in [-0.05, 0) is 29.8 Å². The van der Waals surface area contributed by atoms with Gasteiger partial charge in [0, 0.05) is 33.9 Å². The first-order valence-corrected chi connectivity index (χ1v) is 14.1. The lowest BCUT2D eigenvalue weighted by atomic mass is 10.1. The number of aromatic nitrogens is 4. The quantitative estimate of drug-likeness (QED) is 0.268. The van der Waals surface area contributed by atoms with Crippen LogP contribution in [-0.2, 0) is 15.6 Å². The molecular weight excluding hydrogens is 492 g/mol. The van der Waals surface area contributed by atoms with E-state index in [1.807, 2.05) is 54.6 Å². The van der Waals surface area contributed by atoms with Crippen LogP contribution in [0.2, 0.25) is 0 Å². The fourth-order valence-corrected chi connectivity index (χ4v) is 5.46. The van der Waals surface area contributed by atoms with Crippen LogP contribution < -0.4 is 0 Å². The summed E-state index contributed by atoms with van der Waals surface area (Å²) in [6.07, 6.45) is 1.20. The summed E-state index contributed by atoms with van der Waals surface area (Å²) in [6, 6.07) is 26.9. The van der Waals surface area contributed by atoms with Crippen LogP contribution >= 0.6 is 11.8 Å². The van der Waals surface area contributed by atoms with Gasteiger partial charge in [0.05, 0.1) is 16.1 Å². The second-order valence-electron chi connectivity index (χ2n) is 8.39. The number of thioether (sulfide) groups is 1. The number of sulfone groups is 1. The summed E-state index contributed by atoms with van der Waals surface area (Å²) in [6.45, 7) is 0. The lowest BCUT2D eigenvalue weighted by molar-refractivity contribution is 0.464. The summed E-state index contributed by atoms with van der Waals surface area (Å²) < 4.78 is 29.3. The second kappa shape index (κ2) is 8.92. The summed E-state index contributed by atoms with van der Waals surface area (Å²) >= 11 is 1.39. The number of rotatable bonds is 6. The number of H-pyrrole nitrogens is 1. The van der Waals surface area contributed by atoms with E-state index in [1.54, 1.807) is 24.3 Å². The van der Waals surface area contributed by atoms with E-state index in [2.05, 4.69) is 21.2 Å². The Hall–Kier alpha value is -3.95. The molecule has 3 aromatic carbocycles. The number of nitrogens with one attached hydrogen (secondary N) is 1. The summed E-state index contributed by atoms with van der Waals surface area (Å²) in [5, 5.41) is 11.0. The van der Waals surface area contributed by atoms with Crippen LogP contribution in [0.5, 0.6) is 0 Å². The molecule has 0 aliphatic rings. The molecule has 3 heterocycles. The minimum atomic E-state index is -3.22. The molecule has 0 amide bonds. The third kappa shape index (κ3) is 4.27. The standard InChI is InChI=1S/C27H20N4O3S2/c1-36(32,33)19-13-11-17(12-14-19)16-35-27-31-30-26(34-27)23-15-21-20-9-5-6-10-22(20)28-25(21)24(29-23)18-7-3-2-4-8-18/h2-15,28H,16H2,1H3. The van der Waals surface area contributed by atoms with Gasteiger partial charge in [0.15, 0.2) is 9.84 Å². The largest absolute Gasteiger partial charge is 0.410 e. The molecule has 0 saturated heterocycles. The third-order valence-corrected chi connectivity index (χ3v) is 7.90. The van der Waals surface area contributed by atoms with Crippen molar-refractivity contribution in [3.05, 3.63) is 90.5 Å². The Morgan fingerprint density at radius 1 is 0.889 bits per heavy atom. The molecule has 0 fully saturated rings. The summed E-state index contributed by atoms with van der Waals surface area (Å²) in [5.74, 6) is 0.907. The molecule has 0 aliphatic heterocycles. The predicted molar refractivity (Wildman–Crippen MR) is 141 cm³/mol. The first kappa shape index (κ1) is 22.5. The van der Waals surface area contributed by atoms with Gasteiger partial charge in [-0.1, -0.05) is 72.4 Å². The average molecular weight is 513 g/mol. The molecule has 0 radical (unpaired) electrons. The van der Waals surface area contributed by atoms with Gasteiger partial charge in [0.1, 0.15) is 5.69 Å². The topological polar surface area (TPSA) is 102 Å². The number of pyridine rings is 1. The number of para-hydroxylation sites is 1.